The van der Waals surface area contributed by atoms with Crippen molar-refractivity contribution in [1.29, 1.82) is 0 Å². The third kappa shape index (κ3) is 4.33. The Hall–Kier alpha value is -2.97. The Bertz CT molecular complexity index is 1370. The summed E-state index contributed by atoms with van der Waals surface area (Å²) in [7, 11) is 1.80. The Morgan fingerprint density at radius 1 is 1.22 bits per heavy atom. The van der Waals surface area contributed by atoms with Crippen LogP contribution in [-0.4, -0.2) is 25.7 Å². The molecule has 0 aliphatic rings. The van der Waals surface area contributed by atoms with Gasteiger partial charge in [-0.05, 0) is 44.9 Å². The van der Waals surface area contributed by atoms with Crippen LogP contribution in [0.3, 0.4) is 0 Å². The number of nitrogens with zero attached hydrogens (tertiary/aromatic N) is 3. The maximum absolute atomic E-state index is 12.6. The van der Waals surface area contributed by atoms with Crippen molar-refractivity contribution in [3.63, 3.8) is 0 Å². The molecule has 4 rings (SSSR count). The predicted octanol–water partition coefficient (Wildman–Crippen LogP) is 4.21. The van der Waals surface area contributed by atoms with Crippen molar-refractivity contribution in [3.8, 4) is 11.3 Å². The van der Waals surface area contributed by atoms with Gasteiger partial charge in [0.25, 0.3) is 5.56 Å². The average Bonchev–Trinajstić information content (AvgIpc) is 3.25. The molecule has 0 aliphatic carbocycles. The summed E-state index contributed by atoms with van der Waals surface area (Å²) >= 11 is 7.53. The summed E-state index contributed by atoms with van der Waals surface area (Å²) < 4.78 is 1.67. The Morgan fingerprint density at radius 2 is 1.94 bits per heavy atom. The van der Waals surface area contributed by atoms with Crippen LogP contribution in [0, 0.1) is 20.8 Å². The van der Waals surface area contributed by atoms with Crippen LogP contribution in [0.4, 0.5) is 0 Å². The third-order valence-corrected chi connectivity index (χ3v) is 6.78. The number of aryl methyl sites for hydroxylation is 4. The molecule has 32 heavy (non-hydrogen) atoms. The van der Waals surface area contributed by atoms with Crippen molar-refractivity contribution in [3.05, 3.63) is 66.3 Å². The SMILES string of the molecule is Cc1sc(CNC(=O)CCc2c(C)c3c(C)nn(C)c3[nH]c2=O)nc1-c1ccc(Cl)cc1. The first-order valence-electron chi connectivity index (χ1n) is 10.3. The molecule has 0 radical (unpaired) electrons. The quantitative estimate of drug-likeness (QED) is 0.442. The van der Waals surface area contributed by atoms with Crippen molar-refractivity contribution < 1.29 is 4.79 Å². The molecule has 2 N–H and O–H groups in total. The maximum atomic E-state index is 12.6. The molecule has 3 heterocycles. The van der Waals surface area contributed by atoms with Gasteiger partial charge in [-0.3, -0.25) is 14.3 Å². The molecule has 0 fully saturated rings. The number of halogens is 1. The first-order chi connectivity index (χ1) is 15.2. The number of hydrogen-bond donors (Lipinski definition) is 2. The molecule has 9 heteroatoms. The summed E-state index contributed by atoms with van der Waals surface area (Å²) in [6.07, 6.45) is 0.591. The number of aromatic nitrogens is 4. The van der Waals surface area contributed by atoms with E-state index < -0.39 is 0 Å². The summed E-state index contributed by atoms with van der Waals surface area (Å²) in [4.78, 5) is 33.7. The molecule has 3 aromatic heterocycles. The fourth-order valence-corrected chi connectivity index (χ4v) is 4.98. The van der Waals surface area contributed by atoms with E-state index in [1.165, 1.54) is 0 Å². The largest absolute Gasteiger partial charge is 0.350 e. The van der Waals surface area contributed by atoms with E-state index in [1.54, 1.807) is 23.1 Å². The maximum Gasteiger partial charge on any atom is 0.253 e. The van der Waals surface area contributed by atoms with Gasteiger partial charge in [-0.15, -0.1) is 11.3 Å². The number of rotatable bonds is 6. The lowest BCUT2D eigenvalue weighted by Gasteiger charge is -2.07. The minimum atomic E-state index is -0.172. The molecule has 0 saturated carbocycles. The molecule has 0 unspecified atom stereocenters. The van der Waals surface area contributed by atoms with Gasteiger partial charge in [-0.1, -0.05) is 23.7 Å². The van der Waals surface area contributed by atoms with Gasteiger partial charge < -0.3 is 10.3 Å². The van der Waals surface area contributed by atoms with Crippen molar-refractivity contribution in [2.75, 3.05) is 0 Å². The number of hydrogen-bond acceptors (Lipinski definition) is 5. The molecular weight excluding hydrogens is 446 g/mol. The summed E-state index contributed by atoms with van der Waals surface area (Å²) in [5.74, 6) is -0.118. The van der Waals surface area contributed by atoms with Crippen molar-refractivity contribution in [2.24, 2.45) is 7.05 Å². The molecule has 0 saturated heterocycles. The lowest BCUT2D eigenvalue weighted by molar-refractivity contribution is -0.121. The number of amides is 1. The topological polar surface area (TPSA) is 92.7 Å². The van der Waals surface area contributed by atoms with E-state index in [0.717, 1.165) is 37.8 Å². The number of pyridine rings is 1. The van der Waals surface area contributed by atoms with Crippen LogP contribution in [0.2, 0.25) is 5.02 Å². The van der Waals surface area contributed by atoms with Gasteiger partial charge in [-0.25, -0.2) is 4.98 Å². The number of H-pyrrole nitrogens is 1. The monoisotopic (exact) mass is 469 g/mol. The van der Waals surface area contributed by atoms with E-state index in [4.69, 9.17) is 11.6 Å². The van der Waals surface area contributed by atoms with E-state index in [0.29, 0.717) is 29.2 Å². The number of fused-ring (bicyclic) bond motifs is 1. The third-order valence-electron chi connectivity index (χ3n) is 5.55. The van der Waals surface area contributed by atoms with Crippen LogP contribution < -0.4 is 10.9 Å². The van der Waals surface area contributed by atoms with Crippen molar-refractivity contribution >= 4 is 39.9 Å². The number of thiazole rings is 1. The number of benzene rings is 1. The van der Waals surface area contributed by atoms with E-state index in [1.807, 2.05) is 45.0 Å². The Labute approximate surface area is 194 Å². The molecule has 0 spiro atoms. The van der Waals surface area contributed by atoms with Crippen LogP contribution in [0.5, 0.6) is 0 Å². The molecular formula is C23H24ClN5O2S. The molecule has 0 bridgehead atoms. The molecule has 0 atom stereocenters. The second-order valence-electron chi connectivity index (χ2n) is 7.79. The number of nitrogens with one attached hydrogen (secondary N) is 2. The van der Waals surface area contributed by atoms with Crippen molar-refractivity contribution in [2.45, 2.75) is 40.2 Å². The highest BCUT2D eigenvalue weighted by atomic mass is 35.5. The van der Waals surface area contributed by atoms with Gasteiger partial charge in [0.2, 0.25) is 5.91 Å². The Morgan fingerprint density at radius 3 is 2.66 bits per heavy atom. The van der Waals surface area contributed by atoms with E-state index >= 15 is 0 Å². The molecule has 1 amide bonds. The van der Waals surface area contributed by atoms with Gasteiger partial charge in [0.1, 0.15) is 10.7 Å². The van der Waals surface area contributed by atoms with E-state index in [9.17, 15) is 9.59 Å². The predicted molar refractivity (Wildman–Crippen MR) is 128 cm³/mol. The van der Waals surface area contributed by atoms with Crippen LogP contribution in [0.15, 0.2) is 29.1 Å². The van der Waals surface area contributed by atoms with Crippen LogP contribution in [0.25, 0.3) is 22.3 Å². The molecule has 1 aromatic carbocycles. The minimum Gasteiger partial charge on any atom is -0.350 e. The summed E-state index contributed by atoms with van der Waals surface area (Å²) in [6.45, 7) is 6.20. The van der Waals surface area contributed by atoms with Crippen LogP contribution >= 0.6 is 22.9 Å². The molecule has 166 valence electrons. The highest BCUT2D eigenvalue weighted by Gasteiger charge is 2.16. The Kier molecular flexibility index (Phi) is 6.17. The van der Waals surface area contributed by atoms with Crippen molar-refractivity contribution in [1.82, 2.24) is 25.1 Å². The number of carbonyl (C=O) groups excluding carboxylic acids is 1. The summed E-state index contributed by atoms with van der Waals surface area (Å²) in [5, 5.41) is 9.76. The van der Waals surface area contributed by atoms with Gasteiger partial charge in [0.15, 0.2) is 0 Å². The lowest BCUT2D eigenvalue weighted by atomic mass is 10.0. The summed E-state index contributed by atoms with van der Waals surface area (Å²) in [5.41, 5.74) is 4.79. The lowest BCUT2D eigenvalue weighted by Crippen LogP contribution is -2.24. The highest BCUT2D eigenvalue weighted by Crippen LogP contribution is 2.28. The fourth-order valence-electron chi connectivity index (χ4n) is 3.96. The normalized spacial score (nSPS) is 11.3. The van der Waals surface area contributed by atoms with Crippen LogP contribution in [-0.2, 0) is 24.8 Å². The average molecular weight is 470 g/mol. The van der Waals surface area contributed by atoms with Gasteiger partial charge in [0, 0.05) is 39.9 Å². The van der Waals surface area contributed by atoms with Gasteiger partial charge >= 0.3 is 0 Å². The molecule has 4 aromatic rings. The molecule has 0 aliphatic heterocycles. The van der Waals surface area contributed by atoms with E-state index in [-0.39, 0.29) is 17.9 Å². The van der Waals surface area contributed by atoms with Gasteiger partial charge in [0.05, 0.1) is 17.9 Å². The first-order valence-corrected chi connectivity index (χ1v) is 11.5. The smallest absolute Gasteiger partial charge is 0.253 e. The fraction of sp³-hybridized carbons (Fsp3) is 0.304. The zero-order valence-corrected chi connectivity index (χ0v) is 19.9. The van der Waals surface area contributed by atoms with Crippen LogP contribution in [0.1, 0.15) is 33.1 Å². The number of carbonyl (C=O) groups is 1. The first kappa shape index (κ1) is 22.2. The zero-order chi connectivity index (χ0) is 23.0. The Balaban J connectivity index is 1.41. The van der Waals surface area contributed by atoms with Gasteiger partial charge in [-0.2, -0.15) is 5.10 Å². The standard InChI is InChI=1S/C23H24ClN5O2S/c1-12-17(23(31)27-22-20(12)13(2)28-29(22)4)9-10-18(30)25-11-19-26-21(14(3)32-19)15-5-7-16(24)8-6-15/h5-8H,9-11H2,1-4H3,(H,25,30)(H,27,31). The zero-order valence-electron chi connectivity index (χ0n) is 18.4. The minimum absolute atomic E-state index is 0.118. The highest BCUT2D eigenvalue weighted by molar-refractivity contribution is 7.12. The summed E-state index contributed by atoms with van der Waals surface area (Å²) in [6, 6.07) is 7.55. The second-order valence-corrected chi connectivity index (χ2v) is 9.51. The van der Waals surface area contributed by atoms with E-state index in [2.05, 4.69) is 20.4 Å². The second kappa shape index (κ2) is 8.88. The molecule has 7 nitrogen and oxygen atoms in total. The number of aromatic amines is 1.